The third-order valence-corrected chi connectivity index (χ3v) is 5.92. The fraction of sp³-hybridized carbons (Fsp3) is 0.824. The Hall–Kier alpha value is -1.59. The third-order valence-electron chi connectivity index (χ3n) is 5.92. The van der Waals surface area contributed by atoms with Crippen molar-refractivity contribution in [1.29, 1.82) is 0 Å². The van der Waals surface area contributed by atoms with Gasteiger partial charge < -0.3 is 10.2 Å². The second kappa shape index (κ2) is 6.13. The van der Waals surface area contributed by atoms with Crippen LogP contribution in [0.25, 0.3) is 0 Å². The number of imide groups is 1. The lowest BCUT2D eigenvalue weighted by molar-refractivity contribution is -0.142. The van der Waals surface area contributed by atoms with Gasteiger partial charge in [-0.15, -0.1) is 0 Å². The molecule has 1 spiro atoms. The molecule has 2 saturated heterocycles. The van der Waals surface area contributed by atoms with Gasteiger partial charge in [0.25, 0.3) is 5.91 Å². The first kappa shape index (κ1) is 16.3. The molecule has 1 aliphatic carbocycles. The number of nitrogens with one attached hydrogen (secondary N) is 1. The lowest BCUT2D eigenvalue weighted by Gasteiger charge is -2.37. The smallest absolute Gasteiger partial charge is 0.325 e. The van der Waals surface area contributed by atoms with Crippen LogP contribution in [0.3, 0.4) is 0 Å². The first-order valence-corrected chi connectivity index (χ1v) is 8.89. The van der Waals surface area contributed by atoms with E-state index in [1.165, 1.54) is 0 Å². The molecular weight excluding hydrogens is 294 g/mol. The Labute approximate surface area is 137 Å². The van der Waals surface area contributed by atoms with E-state index in [2.05, 4.69) is 5.32 Å². The van der Waals surface area contributed by atoms with Crippen LogP contribution in [0.1, 0.15) is 58.8 Å². The number of amides is 4. The topological polar surface area (TPSA) is 69.7 Å². The molecule has 1 N–H and O–H groups in total. The summed E-state index contributed by atoms with van der Waals surface area (Å²) in [7, 11) is 0. The number of hydrogen-bond donors (Lipinski definition) is 1. The summed E-state index contributed by atoms with van der Waals surface area (Å²) in [6.07, 6.45) is 6.79. The van der Waals surface area contributed by atoms with Crippen molar-refractivity contribution < 1.29 is 14.4 Å². The van der Waals surface area contributed by atoms with Gasteiger partial charge in [0.15, 0.2) is 0 Å². The average Bonchev–Trinajstić information content (AvgIpc) is 2.76. The summed E-state index contributed by atoms with van der Waals surface area (Å²) in [5.74, 6) is -0.185. The van der Waals surface area contributed by atoms with E-state index in [0.29, 0.717) is 6.42 Å². The van der Waals surface area contributed by atoms with Crippen LogP contribution in [0, 0.1) is 5.92 Å². The van der Waals surface area contributed by atoms with Gasteiger partial charge in [-0.25, -0.2) is 4.79 Å². The summed E-state index contributed by atoms with van der Waals surface area (Å²) in [6.45, 7) is 4.66. The molecule has 0 aromatic carbocycles. The van der Waals surface area contributed by atoms with E-state index in [1.54, 1.807) is 0 Å². The molecule has 23 heavy (non-hydrogen) atoms. The van der Waals surface area contributed by atoms with Crippen molar-refractivity contribution in [3.63, 3.8) is 0 Å². The Balaban J connectivity index is 1.72. The van der Waals surface area contributed by atoms with Crippen molar-refractivity contribution in [2.45, 2.75) is 70.4 Å². The Bertz CT molecular complexity index is 521. The Morgan fingerprint density at radius 1 is 1.17 bits per heavy atom. The average molecular weight is 321 g/mol. The second-order valence-corrected chi connectivity index (χ2v) is 7.37. The SMILES string of the molecule is C[C@@H]1CCCC[C@]12NC(=O)N(CC(=O)N1CCCC[C@@H]1C)C2=O. The van der Waals surface area contributed by atoms with Crippen LogP contribution >= 0.6 is 0 Å². The fourth-order valence-electron chi connectivity index (χ4n) is 4.33. The van der Waals surface area contributed by atoms with Gasteiger partial charge in [-0.3, -0.25) is 14.5 Å². The van der Waals surface area contributed by atoms with E-state index >= 15 is 0 Å². The van der Waals surface area contributed by atoms with Crippen molar-refractivity contribution >= 4 is 17.8 Å². The van der Waals surface area contributed by atoms with Crippen molar-refractivity contribution in [2.24, 2.45) is 5.92 Å². The van der Waals surface area contributed by atoms with Gasteiger partial charge in [0.05, 0.1) is 0 Å². The van der Waals surface area contributed by atoms with Crippen LogP contribution in [-0.4, -0.2) is 52.3 Å². The summed E-state index contributed by atoms with van der Waals surface area (Å²) in [5, 5.41) is 2.91. The zero-order valence-corrected chi connectivity index (χ0v) is 14.1. The normalized spacial score (nSPS) is 34.9. The third kappa shape index (κ3) is 2.72. The Morgan fingerprint density at radius 3 is 2.61 bits per heavy atom. The van der Waals surface area contributed by atoms with Crippen molar-refractivity contribution in [1.82, 2.24) is 15.1 Å². The van der Waals surface area contributed by atoms with E-state index in [9.17, 15) is 14.4 Å². The number of piperidine rings is 1. The standard InChI is InChI=1S/C17H27N3O3/c1-12-7-3-5-9-17(12)15(22)20(16(23)18-17)11-14(21)19-10-6-4-8-13(19)2/h12-13H,3-11H2,1-2H3,(H,18,23)/t12-,13+,17+/m1/s1. The largest absolute Gasteiger partial charge is 0.338 e. The molecule has 128 valence electrons. The van der Waals surface area contributed by atoms with Crippen LogP contribution in [0.2, 0.25) is 0 Å². The first-order chi connectivity index (χ1) is 11.0. The lowest BCUT2D eigenvalue weighted by atomic mass is 9.73. The summed E-state index contributed by atoms with van der Waals surface area (Å²) in [5.41, 5.74) is -0.775. The molecule has 0 radical (unpaired) electrons. The van der Waals surface area contributed by atoms with Gasteiger partial charge in [0.1, 0.15) is 12.1 Å². The predicted molar refractivity (Wildman–Crippen MR) is 85.6 cm³/mol. The molecule has 0 bridgehead atoms. The quantitative estimate of drug-likeness (QED) is 0.790. The van der Waals surface area contributed by atoms with Gasteiger partial charge in [-0.1, -0.05) is 19.8 Å². The second-order valence-electron chi connectivity index (χ2n) is 7.37. The van der Waals surface area contributed by atoms with E-state index < -0.39 is 11.6 Å². The molecular formula is C17H27N3O3. The molecule has 0 aromatic rings. The highest BCUT2D eigenvalue weighted by molar-refractivity contribution is 6.09. The van der Waals surface area contributed by atoms with Crippen molar-refractivity contribution in [3.05, 3.63) is 0 Å². The molecule has 0 unspecified atom stereocenters. The summed E-state index contributed by atoms with van der Waals surface area (Å²) < 4.78 is 0. The van der Waals surface area contributed by atoms with Gasteiger partial charge in [0.2, 0.25) is 5.91 Å². The van der Waals surface area contributed by atoms with E-state index in [-0.39, 0.29) is 30.3 Å². The van der Waals surface area contributed by atoms with Gasteiger partial charge in [0, 0.05) is 12.6 Å². The highest BCUT2D eigenvalue weighted by Crippen LogP contribution is 2.38. The summed E-state index contributed by atoms with van der Waals surface area (Å²) >= 11 is 0. The van der Waals surface area contributed by atoms with Gasteiger partial charge >= 0.3 is 6.03 Å². The molecule has 2 aliphatic heterocycles. The molecule has 0 aromatic heterocycles. The predicted octanol–water partition coefficient (Wildman–Crippen LogP) is 1.89. The minimum absolute atomic E-state index is 0.110. The minimum atomic E-state index is -0.775. The van der Waals surface area contributed by atoms with E-state index in [0.717, 1.165) is 50.0 Å². The number of likely N-dealkylation sites (tertiary alicyclic amines) is 1. The number of carbonyl (C=O) groups is 3. The molecule has 3 aliphatic rings. The number of hydrogen-bond acceptors (Lipinski definition) is 3. The number of rotatable bonds is 2. The van der Waals surface area contributed by atoms with Crippen LogP contribution in [0.4, 0.5) is 4.79 Å². The summed E-state index contributed by atoms with van der Waals surface area (Å²) in [6, 6.07) is -0.207. The molecule has 6 heteroatoms. The van der Waals surface area contributed by atoms with Crippen molar-refractivity contribution in [2.75, 3.05) is 13.1 Å². The number of carbonyl (C=O) groups excluding carboxylic acids is 3. The lowest BCUT2D eigenvalue weighted by Crippen LogP contribution is -2.54. The maximum Gasteiger partial charge on any atom is 0.325 e. The molecule has 2 heterocycles. The van der Waals surface area contributed by atoms with Crippen LogP contribution < -0.4 is 5.32 Å². The fourth-order valence-corrected chi connectivity index (χ4v) is 4.33. The molecule has 6 nitrogen and oxygen atoms in total. The van der Waals surface area contributed by atoms with Crippen LogP contribution in [0.5, 0.6) is 0 Å². The first-order valence-electron chi connectivity index (χ1n) is 8.89. The number of urea groups is 1. The zero-order chi connectivity index (χ0) is 16.6. The Kier molecular flexibility index (Phi) is 4.34. The monoisotopic (exact) mass is 321 g/mol. The highest BCUT2D eigenvalue weighted by atomic mass is 16.2. The van der Waals surface area contributed by atoms with E-state index in [1.807, 2.05) is 18.7 Å². The maximum atomic E-state index is 12.9. The molecule has 3 fully saturated rings. The maximum absolute atomic E-state index is 12.9. The molecule has 3 atom stereocenters. The van der Waals surface area contributed by atoms with Gasteiger partial charge in [-0.2, -0.15) is 0 Å². The molecule has 3 rings (SSSR count). The Morgan fingerprint density at radius 2 is 1.91 bits per heavy atom. The highest BCUT2D eigenvalue weighted by Gasteiger charge is 2.55. The zero-order valence-electron chi connectivity index (χ0n) is 14.1. The molecule has 4 amide bonds. The van der Waals surface area contributed by atoms with E-state index in [4.69, 9.17) is 0 Å². The number of nitrogens with zero attached hydrogens (tertiary/aromatic N) is 2. The summed E-state index contributed by atoms with van der Waals surface area (Å²) in [4.78, 5) is 40.7. The van der Waals surface area contributed by atoms with Crippen LogP contribution in [0.15, 0.2) is 0 Å². The van der Waals surface area contributed by atoms with Crippen molar-refractivity contribution in [3.8, 4) is 0 Å². The van der Waals surface area contributed by atoms with Crippen LogP contribution in [-0.2, 0) is 9.59 Å². The van der Waals surface area contributed by atoms with Gasteiger partial charge in [-0.05, 0) is 44.9 Å². The molecule has 1 saturated carbocycles. The minimum Gasteiger partial charge on any atom is -0.338 e.